The fraction of sp³-hybridized carbons (Fsp3) is 0.333. The number of aryl methyl sites for hydroxylation is 1. The molecule has 0 aliphatic rings. The summed E-state index contributed by atoms with van der Waals surface area (Å²) in [7, 11) is -3.87. The van der Waals surface area contributed by atoms with Crippen LogP contribution in [-0.2, 0) is 16.6 Å². The highest BCUT2D eigenvalue weighted by Gasteiger charge is 2.21. The summed E-state index contributed by atoms with van der Waals surface area (Å²) >= 11 is 0. The Kier molecular flexibility index (Phi) is 3.68. The van der Waals surface area contributed by atoms with Gasteiger partial charge in [0.2, 0.25) is 0 Å². The average molecular weight is 280 g/mol. The minimum atomic E-state index is -3.87. The molecule has 19 heavy (non-hydrogen) atoms. The van der Waals surface area contributed by atoms with Crippen LogP contribution in [0.15, 0.2) is 29.4 Å². The second kappa shape index (κ2) is 5.10. The third-order valence-electron chi connectivity index (χ3n) is 2.80. The van der Waals surface area contributed by atoms with E-state index < -0.39 is 10.0 Å². The van der Waals surface area contributed by atoms with Crippen LogP contribution >= 0.6 is 0 Å². The molecule has 0 fully saturated rings. The molecule has 0 saturated carbocycles. The Morgan fingerprint density at radius 1 is 1.26 bits per heavy atom. The number of hydrogen-bond acceptors (Lipinski definition) is 4. The summed E-state index contributed by atoms with van der Waals surface area (Å²) in [5.41, 5.74) is 1.87. The third-order valence-corrected chi connectivity index (χ3v) is 3.62. The van der Waals surface area contributed by atoms with Crippen LogP contribution in [0.5, 0.6) is 0 Å². The van der Waals surface area contributed by atoms with Gasteiger partial charge in [-0.05, 0) is 18.9 Å². The maximum atomic E-state index is 11.5. The maximum Gasteiger partial charge on any atom is 0.273 e. The minimum absolute atomic E-state index is 0.187. The third kappa shape index (κ3) is 2.66. The zero-order chi connectivity index (χ0) is 14.0. The predicted octanol–water partition coefficient (Wildman–Crippen LogP) is 1.31. The van der Waals surface area contributed by atoms with E-state index in [0.717, 1.165) is 17.5 Å². The molecule has 0 bridgehead atoms. The van der Waals surface area contributed by atoms with Crippen molar-refractivity contribution in [3.63, 3.8) is 0 Å². The monoisotopic (exact) mass is 280 g/mol. The average Bonchev–Trinajstić information content (AvgIpc) is 2.74. The number of aromatic nitrogens is 3. The zero-order valence-electron chi connectivity index (χ0n) is 10.9. The summed E-state index contributed by atoms with van der Waals surface area (Å²) in [6.07, 6.45) is 0.763. The first kappa shape index (κ1) is 13.7. The van der Waals surface area contributed by atoms with E-state index in [-0.39, 0.29) is 5.16 Å². The molecule has 1 heterocycles. The molecule has 7 heteroatoms. The van der Waals surface area contributed by atoms with Crippen molar-refractivity contribution in [2.75, 3.05) is 0 Å². The standard InChI is InChI=1S/C12H16N4O2S/c1-3-8-16-11(10-7-5-4-6-9(10)2)14-15-12(16)19(13,17)18/h4-7H,3,8H2,1-2H3,(H2,13,17,18). The highest BCUT2D eigenvalue weighted by atomic mass is 32.2. The van der Waals surface area contributed by atoms with Crippen LogP contribution in [-0.4, -0.2) is 23.2 Å². The van der Waals surface area contributed by atoms with Gasteiger partial charge in [0.1, 0.15) is 0 Å². The van der Waals surface area contributed by atoms with Gasteiger partial charge in [-0.15, -0.1) is 10.2 Å². The summed E-state index contributed by atoms with van der Waals surface area (Å²) in [4.78, 5) is 0. The molecule has 0 saturated heterocycles. The van der Waals surface area contributed by atoms with Crippen LogP contribution in [0, 0.1) is 6.92 Å². The molecule has 2 N–H and O–H groups in total. The number of benzene rings is 1. The molecule has 0 radical (unpaired) electrons. The predicted molar refractivity (Wildman–Crippen MR) is 71.9 cm³/mol. The van der Waals surface area contributed by atoms with Gasteiger partial charge < -0.3 is 0 Å². The number of nitrogens with two attached hydrogens (primary N) is 1. The van der Waals surface area contributed by atoms with E-state index in [1.807, 2.05) is 38.1 Å². The lowest BCUT2D eigenvalue weighted by atomic mass is 10.1. The lowest BCUT2D eigenvalue weighted by Gasteiger charge is -2.09. The van der Waals surface area contributed by atoms with Gasteiger partial charge in [-0.1, -0.05) is 31.2 Å². The van der Waals surface area contributed by atoms with Crippen LogP contribution < -0.4 is 5.14 Å². The Balaban J connectivity index is 2.66. The summed E-state index contributed by atoms with van der Waals surface area (Å²) in [5.74, 6) is 0.531. The first-order chi connectivity index (χ1) is 8.95. The van der Waals surface area contributed by atoms with Gasteiger partial charge in [0.15, 0.2) is 5.82 Å². The van der Waals surface area contributed by atoms with Gasteiger partial charge in [0, 0.05) is 12.1 Å². The van der Waals surface area contributed by atoms with E-state index >= 15 is 0 Å². The van der Waals surface area contributed by atoms with Crippen molar-refractivity contribution in [1.82, 2.24) is 14.8 Å². The van der Waals surface area contributed by atoms with Crippen LogP contribution in [0.3, 0.4) is 0 Å². The van der Waals surface area contributed by atoms with E-state index in [9.17, 15) is 8.42 Å². The quantitative estimate of drug-likeness (QED) is 0.914. The Morgan fingerprint density at radius 3 is 2.53 bits per heavy atom. The number of hydrogen-bond donors (Lipinski definition) is 1. The van der Waals surface area contributed by atoms with Crippen LogP contribution in [0.4, 0.5) is 0 Å². The molecule has 6 nitrogen and oxygen atoms in total. The molecule has 0 aliphatic heterocycles. The number of nitrogens with zero attached hydrogens (tertiary/aromatic N) is 3. The molecular formula is C12H16N4O2S. The number of rotatable bonds is 4. The van der Waals surface area contributed by atoms with Crippen molar-refractivity contribution in [3.05, 3.63) is 29.8 Å². The van der Waals surface area contributed by atoms with Crippen LogP contribution in [0.1, 0.15) is 18.9 Å². The normalized spacial score (nSPS) is 11.7. The molecule has 1 aromatic heterocycles. The molecule has 0 atom stereocenters. The van der Waals surface area contributed by atoms with Crippen molar-refractivity contribution < 1.29 is 8.42 Å². The van der Waals surface area contributed by atoms with Gasteiger partial charge >= 0.3 is 0 Å². The van der Waals surface area contributed by atoms with E-state index in [0.29, 0.717) is 12.4 Å². The molecule has 2 rings (SSSR count). The lowest BCUT2D eigenvalue weighted by molar-refractivity contribution is 0.559. The second-order valence-corrected chi connectivity index (χ2v) is 5.77. The molecule has 0 unspecified atom stereocenters. The van der Waals surface area contributed by atoms with Crippen molar-refractivity contribution in [2.24, 2.45) is 5.14 Å². The van der Waals surface area contributed by atoms with E-state index in [4.69, 9.17) is 5.14 Å². The van der Waals surface area contributed by atoms with E-state index in [1.54, 1.807) is 4.57 Å². The Bertz CT molecular complexity index is 692. The van der Waals surface area contributed by atoms with Gasteiger partial charge in [0.25, 0.3) is 15.2 Å². The summed E-state index contributed by atoms with van der Waals surface area (Å²) in [5, 5.41) is 12.7. The second-order valence-electron chi connectivity index (χ2n) is 4.32. The van der Waals surface area contributed by atoms with Crippen molar-refractivity contribution in [1.29, 1.82) is 0 Å². The molecule has 102 valence electrons. The maximum absolute atomic E-state index is 11.5. The lowest BCUT2D eigenvalue weighted by Crippen LogP contribution is -2.19. The zero-order valence-corrected chi connectivity index (χ0v) is 11.7. The van der Waals surface area contributed by atoms with Crippen LogP contribution in [0.25, 0.3) is 11.4 Å². The summed E-state index contributed by atoms with van der Waals surface area (Å²) in [6.45, 7) is 4.40. The molecule has 0 aliphatic carbocycles. The SMILES string of the molecule is CCCn1c(-c2ccccc2C)nnc1S(N)(=O)=O. The number of sulfonamides is 1. The Labute approximate surface area is 112 Å². The van der Waals surface area contributed by atoms with Gasteiger partial charge in [-0.2, -0.15) is 0 Å². The van der Waals surface area contributed by atoms with Gasteiger partial charge in [-0.3, -0.25) is 4.57 Å². The van der Waals surface area contributed by atoms with Crippen molar-refractivity contribution >= 4 is 10.0 Å². The topological polar surface area (TPSA) is 90.9 Å². The van der Waals surface area contributed by atoms with Crippen LogP contribution in [0.2, 0.25) is 0 Å². The first-order valence-electron chi connectivity index (χ1n) is 5.97. The molecule has 0 amide bonds. The highest BCUT2D eigenvalue weighted by Crippen LogP contribution is 2.23. The largest absolute Gasteiger partial charge is 0.297 e. The Hall–Kier alpha value is -1.73. The molecular weight excluding hydrogens is 264 g/mol. The fourth-order valence-corrected chi connectivity index (χ4v) is 2.59. The summed E-state index contributed by atoms with van der Waals surface area (Å²) in [6, 6.07) is 7.62. The van der Waals surface area contributed by atoms with E-state index in [2.05, 4.69) is 10.2 Å². The Morgan fingerprint density at radius 2 is 1.95 bits per heavy atom. The first-order valence-corrected chi connectivity index (χ1v) is 7.51. The molecule has 1 aromatic carbocycles. The summed E-state index contributed by atoms with van der Waals surface area (Å²) < 4.78 is 24.6. The fourth-order valence-electron chi connectivity index (χ4n) is 1.95. The van der Waals surface area contributed by atoms with Crippen molar-refractivity contribution in [3.8, 4) is 11.4 Å². The molecule has 2 aromatic rings. The van der Waals surface area contributed by atoms with Crippen molar-refractivity contribution in [2.45, 2.75) is 32.0 Å². The smallest absolute Gasteiger partial charge is 0.273 e. The number of primary sulfonamides is 1. The van der Waals surface area contributed by atoms with Gasteiger partial charge in [0.05, 0.1) is 0 Å². The van der Waals surface area contributed by atoms with E-state index in [1.165, 1.54) is 0 Å². The minimum Gasteiger partial charge on any atom is -0.297 e. The van der Waals surface area contributed by atoms with Gasteiger partial charge in [-0.25, -0.2) is 13.6 Å². The molecule has 0 spiro atoms. The highest BCUT2D eigenvalue weighted by molar-refractivity contribution is 7.89.